The summed E-state index contributed by atoms with van der Waals surface area (Å²) in [7, 11) is -2.21. The lowest BCUT2D eigenvalue weighted by atomic mass is 10.0. The van der Waals surface area contributed by atoms with Crippen LogP contribution in [0.25, 0.3) is 0 Å². The molecule has 8 nitrogen and oxygen atoms in total. The van der Waals surface area contributed by atoms with Crippen LogP contribution in [0.5, 0.6) is 5.75 Å². The van der Waals surface area contributed by atoms with E-state index >= 15 is 0 Å². The van der Waals surface area contributed by atoms with Gasteiger partial charge in [0.1, 0.15) is 5.75 Å². The van der Waals surface area contributed by atoms with Gasteiger partial charge in [-0.15, -0.1) is 0 Å². The van der Waals surface area contributed by atoms with E-state index in [0.717, 1.165) is 18.4 Å². The first-order chi connectivity index (χ1) is 15.5. The summed E-state index contributed by atoms with van der Waals surface area (Å²) in [5.74, 6) is 0.119. The van der Waals surface area contributed by atoms with Crippen LogP contribution in [0.3, 0.4) is 0 Å². The Kier molecular flexibility index (Phi) is 8.63. The maximum Gasteiger partial charge on any atom is 0.243 e. The lowest BCUT2D eigenvalue weighted by Gasteiger charge is -2.26. The second-order valence-electron chi connectivity index (χ2n) is 7.56. The Bertz CT molecular complexity index is 992. The van der Waals surface area contributed by atoms with Crippen molar-refractivity contribution in [3.63, 3.8) is 0 Å². The molecule has 0 aromatic heterocycles. The summed E-state index contributed by atoms with van der Waals surface area (Å²) >= 11 is 0. The van der Waals surface area contributed by atoms with Crippen LogP contribution in [-0.2, 0) is 19.6 Å². The number of sulfonamides is 1. The summed E-state index contributed by atoms with van der Waals surface area (Å²) in [4.78, 5) is 12.8. The molecule has 174 valence electrons. The van der Waals surface area contributed by atoms with Gasteiger partial charge in [-0.2, -0.15) is 4.31 Å². The Morgan fingerprint density at radius 3 is 2.53 bits per heavy atom. The van der Waals surface area contributed by atoms with Crippen LogP contribution in [0.15, 0.2) is 53.4 Å². The molecule has 32 heavy (non-hydrogen) atoms. The van der Waals surface area contributed by atoms with E-state index in [1.807, 2.05) is 30.3 Å². The molecule has 0 saturated carbocycles. The Hall–Kier alpha value is -2.46. The average Bonchev–Trinajstić information content (AvgIpc) is 2.82. The van der Waals surface area contributed by atoms with Crippen LogP contribution < -0.4 is 15.4 Å². The first kappa shape index (κ1) is 24.2. The molecule has 9 heteroatoms. The molecule has 2 aromatic carbocycles. The van der Waals surface area contributed by atoms with Gasteiger partial charge in [0, 0.05) is 19.1 Å². The summed E-state index contributed by atoms with van der Waals surface area (Å²) in [6.45, 7) is 3.53. The molecule has 1 fully saturated rings. The number of carbonyl (C=O) groups excluding carboxylic acids is 1. The number of nitrogens with one attached hydrogen (secondary N) is 2. The second-order valence-corrected chi connectivity index (χ2v) is 9.50. The van der Waals surface area contributed by atoms with E-state index in [4.69, 9.17) is 9.47 Å². The molecule has 1 atom stereocenters. The fourth-order valence-corrected chi connectivity index (χ4v) is 5.09. The molecule has 0 bridgehead atoms. The standard InChI is InChI=1S/C23H31N3O5S/c1-3-7-20(18-8-5-4-6-9-18)24-17-23(27)25-21-16-19(10-11-22(21)30-2)32(28,29)26-12-14-31-15-13-26/h4-6,8-11,16,20,24H,3,7,12-15,17H2,1-2H3,(H,25,27). The van der Waals surface area contributed by atoms with Crippen LogP contribution in [0.2, 0.25) is 0 Å². The summed E-state index contributed by atoms with van der Waals surface area (Å²) in [5.41, 5.74) is 1.44. The molecule has 2 N–H and O–H groups in total. The van der Waals surface area contributed by atoms with Crippen molar-refractivity contribution in [3.05, 3.63) is 54.1 Å². The molecular weight excluding hydrogens is 430 g/mol. The third-order valence-electron chi connectivity index (χ3n) is 5.34. The highest BCUT2D eigenvalue weighted by Crippen LogP contribution is 2.29. The highest BCUT2D eigenvalue weighted by atomic mass is 32.2. The fourth-order valence-electron chi connectivity index (χ4n) is 3.65. The van der Waals surface area contributed by atoms with Crippen molar-refractivity contribution in [1.82, 2.24) is 9.62 Å². The van der Waals surface area contributed by atoms with Crippen molar-refractivity contribution in [2.24, 2.45) is 0 Å². The monoisotopic (exact) mass is 461 g/mol. The SMILES string of the molecule is CCCC(NCC(=O)Nc1cc(S(=O)(=O)N2CCOCC2)ccc1OC)c1ccccc1. The van der Waals surface area contributed by atoms with E-state index in [2.05, 4.69) is 17.6 Å². The Morgan fingerprint density at radius 2 is 1.88 bits per heavy atom. The number of ether oxygens (including phenoxy) is 2. The maximum absolute atomic E-state index is 13.0. The first-order valence-electron chi connectivity index (χ1n) is 10.8. The van der Waals surface area contributed by atoms with E-state index in [9.17, 15) is 13.2 Å². The minimum absolute atomic E-state index is 0.0573. The largest absolute Gasteiger partial charge is 0.495 e. The van der Waals surface area contributed by atoms with Gasteiger partial charge >= 0.3 is 0 Å². The van der Waals surface area contributed by atoms with E-state index in [0.29, 0.717) is 37.7 Å². The zero-order chi connectivity index (χ0) is 23.0. The van der Waals surface area contributed by atoms with Crippen molar-refractivity contribution in [2.45, 2.75) is 30.7 Å². The number of rotatable bonds is 10. The zero-order valence-electron chi connectivity index (χ0n) is 18.5. The van der Waals surface area contributed by atoms with Gasteiger partial charge in [0.2, 0.25) is 15.9 Å². The third-order valence-corrected chi connectivity index (χ3v) is 7.24. The third kappa shape index (κ3) is 6.07. The van der Waals surface area contributed by atoms with Crippen molar-refractivity contribution in [2.75, 3.05) is 45.3 Å². The number of methoxy groups -OCH3 is 1. The van der Waals surface area contributed by atoms with Gasteiger partial charge in [-0.3, -0.25) is 4.79 Å². The first-order valence-corrected chi connectivity index (χ1v) is 12.2. The summed E-state index contributed by atoms with van der Waals surface area (Å²) in [6, 6.07) is 14.5. The molecule has 1 saturated heterocycles. The van der Waals surface area contributed by atoms with E-state index in [1.165, 1.54) is 23.5 Å². The summed E-state index contributed by atoms with van der Waals surface area (Å²) in [5, 5.41) is 6.09. The lowest BCUT2D eigenvalue weighted by Crippen LogP contribution is -2.40. The summed E-state index contributed by atoms with van der Waals surface area (Å²) in [6.07, 6.45) is 1.87. The van der Waals surface area contributed by atoms with Gasteiger partial charge in [0.15, 0.2) is 0 Å². The normalized spacial score (nSPS) is 15.8. The van der Waals surface area contributed by atoms with E-state index in [-0.39, 0.29) is 23.4 Å². The van der Waals surface area contributed by atoms with Crippen molar-refractivity contribution >= 4 is 21.6 Å². The number of amides is 1. The molecule has 1 aliphatic rings. The molecule has 1 aliphatic heterocycles. The van der Waals surface area contributed by atoms with Gasteiger partial charge in [0.25, 0.3) is 0 Å². The zero-order valence-corrected chi connectivity index (χ0v) is 19.4. The maximum atomic E-state index is 13.0. The number of anilines is 1. The molecule has 0 radical (unpaired) electrons. The lowest BCUT2D eigenvalue weighted by molar-refractivity contribution is -0.115. The van der Waals surface area contributed by atoms with Crippen molar-refractivity contribution < 1.29 is 22.7 Å². The van der Waals surface area contributed by atoms with Crippen LogP contribution >= 0.6 is 0 Å². The van der Waals surface area contributed by atoms with Gasteiger partial charge in [0.05, 0.1) is 37.5 Å². The smallest absolute Gasteiger partial charge is 0.243 e. The number of morpholine rings is 1. The highest BCUT2D eigenvalue weighted by Gasteiger charge is 2.27. The molecule has 1 amide bonds. The van der Waals surface area contributed by atoms with Gasteiger partial charge in [-0.05, 0) is 30.2 Å². The molecule has 0 aliphatic carbocycles. The number of nitrogens with zero attached hydrogens (tertiary/aromatic N) is 1. The Balaban J connectivity index is 1.71. The molecule has 1 unspecified atom stereocenters. The molecule has 0 spiro atoms. The summed E-state index contributed by atoms with van der Waals surface area (Å²) < 4.78 is 37.9. The van der Waals surface area contributed by atoms with Crippen molar-refractivity contribution in [3.8, 4) is 5.75 Å². The number of hydrogen-bond acceptors (Lipinski definition) is 6. The minimum Gasteiger partial charge on any atom is -0.495 e. The highest BCUT2D eigenvalue weighted by molar-refractivity contribution is 7.89. The average molecular weight is 462 g/mol. The quantitative estimate of drug-likeness (QED) is 0.565. The number of carbonyl (C=O) groups is 1. The second kappa shape index (κ2) is 11.4. The Labute approximate surface area is 190 Å². The van der Waals surface area contributed by atoms with Gasteiger partial charge < -0.3 is 20.1 Å². The molecule has 2 aromatic rings. The van der Waals surface area contributed by atoms with E-state index in [1.54, 1.807) is 6.07 Å². The fraction of sp³-hybridized carbons (Fsp3) is 0.435. The van der Waals surface area contributed by atoms with Crippen LogP contribution in [0.1, 0.15) is 31.4 Å². The van der Waals surface area contributed by atoms with Gasteiger partial charge in [-0.1, -0.05) is 43.7 Å². The molecule has 3 rings (SSSR count). The molecule has 1 heterocycles. The molecular formula is C23H31N3O5S. The van der Waals surface area contributed by atoms with Crippen molar-refractivity contribution in [1.29, 1.82) is 0 Å². The minimum atomic E-state index is -3.68. The van der Waals surface area contributed by atoms with Crippen LogP contribution in [0, 0.1) is 0 Å². The Morgan fingerprint density at radius 1 is 1.16 bits per heavy atom. The van der Waals surface area contributed by atoms with Crippen LogP contribution in [0.4, 0.5) is 5.69 Å². The number of benzene rings is 2. The number of hydrogen-bond donors (Lipinski definition) is 2. The predicted octanol–water partition coefficient (Wildman–Crippen LogP) is 2.79. The predicted molar refractivity (Wildman–Crippen MR) is 123 cm³/mol. The topological polar surface area (TPSA) is 97.0 Å². The van der Waals surface area contributed by atoms with E-state index < -0.39 is 10.0 Å². The van der Waals surface area contributed by atoms with Crippen LogP contribution in [-0.4, -0.2) is 58.6 Å². The van der Waals surface area contributed by atoms with Gasteiger partial charge in [-0.25, -0.2) is 8.42 Å².